The molecule has 136 valence electrons. The number of hydrogen-bond acceptors (Lipinski definition) is 5. The molecule has 1 rings (SSSR count). The highest BCUT2D eigenvalue weighted by molar-refractivity contribution is 5.90. The molecule has 0 bridgehead atoms. The first kappa shape index (κ1) is 20.4. The monoisotopic (exact) mass is 347 g/mol. The summed E-state index contributed by atoms with van der Waals surface area (Å²) in [5, 5.41) is 2.54. The van der Waals surface area contributed by atoms with E-state index in [9.17, 15) is 14.4 Å². The zero-order valence-corrected chi connectivity index (χ0v) is 15.1. The smallest absolute Gasteiger partial charge is 0.331 e. The Morgan fingerprint density at radius 2 is 1.92 bits per heavy atom. The fourth-order valence-corrected chi connectivity index (χ4v) is 2.13. The normalized spacial score (nSPS) is 13.1. The Bertz CT molecular complexity index is 638. The first-order valence-electron chi connectivity index (χ1n) is 8.16. The summed E-state index contributed by atoms with van der Waals surface area (Å²) in [6.07, 6.45) is 3.59. The standard InChI is InChI=1S/C19H25NO5/c1-5-13(2)18(19(23)24-4)20-16(21)12-25-17(22)11-10-15-9-7-6-8-14(15)3/h6-11,13,18H,5,12H2,1-4H3,(H,20,21)/b11-10+/t13-,18+/m0/s1. The summed E-state index contributed by atoms with van der Waals surface area (Å²) in [6, 6.07) is 6.82. The SMILES string of the molecule is CC[C@H](C)[C@@H](NC(=O)COC(=O)/C=C/c1ccccc1C)C(=O)OC. The molecule has 1 amide bonds. The van der Waals surface area contributed by atoms with Gasteiger partial charge in [-0.15, -0.1) is 0 Å². The van der Waals surface area contributed by atoms with E-state index in [0.717, 1.165) is 11.1 Å². The minimum Gasteiger partial charge on any atom is -0.467 e. The summed E-state index contributed by atoms with van der Waals surface area (Å²) in [4.78, 5) is 35.3. The van der Waals surface area contributed by atoms with Gasteiger partial charge in [0, 0.05) is 6.08 Å². The van der Waals surface area contributed by atoms with E-state index >= 15 is 0 Å². The van der Waals surface area contributed by atoms with Gasteiger partial charge in [0.15, 0.2) is 6.61 Å². The zero-order chi connectivity index (χ0) is 18.8. The maximum atomic E-state index is 11.9. The molecule has 0 radical (unpaired) electrons. The van der Waals surface area contributed by atoms with Crippen LogP contribution in [0.15, 0.2) is 30.3 Å². The minimum absolute atomic E-state index is 0.0898. The van der Waals surface area contributed by atoms with Gasteiger partial charge < -0.3 is 14.8 Å². The van der Waals surface area contributed by atoms with Crippen molar-refractivity contribution in [1.82, 2.24) is 5.32 Å². The van der Waals surface area contributed by atoms with Gasteiger partial charge >= 0.3 is 11.9 Å². The lowest BCUT2D eigenvalue weighted by atomic mass is 9.99. The van der Waals surface area contributed by atoms with Crippen molar-refractivity contribution < 1.29 is 23.9 Å². The Kier molecular flexibility index (Phi) is 8.39. The van der Waals surface area contributed by atoms with Crippen LogP contribution in [0.5, 0.6) is 0 Å². The summed E-state index contributed by atoms with van der Waals surface area (Å²) >= 11 is 0. The van der Waals surface area contributed by atoms with Crippen LogP contribution in [0.4, 0.5) is 0 Å². The molecule has 1 aromatic carbocycles. The van der Waals surface area contributed by atoms with Gasteiger partial charge in [-0.1, -0.05) is 44.5 Å². The van der Waals surface area contributed by atoms with E-state index in [2.05, 4.69) is 10.1 Å². The summed E-state index contributed by atoms with van der Waals surface area (Å²) in [5.41, 5.74) is 1.92. The first-order chi connectivity index (χ1) is 11.9. The fraction of sp³-hybridized carbons (Fsp3) is 0.421. The second-order valence-electron chi connectivity index (χ2n) is 5.75. The third kappa shape index (κ3) is 6.79. The molecule has 0 saturated carbocycles. The second kappa shape index (κ2) is 10.3. The van der Waals surface area contributed by atoms with Crippen molar-refractivity contribution in [3.63, 3.8) is 0 Å². The van der Waals surface area contributed by atoms with Gasteiger partial charge in [0.1, 0.15) is 6.04 Å². The molecule has 6 heteroatoms. The highest BCUT2D eigenvalue weighted by Gasteiger charge is 2.26. The predicted octanol–water partition coefficient (Wildman–Crippen LogP) is 2.26. The molecule has 25 heavy (non-hydrogen) atoms. The third-order valence-corrected chi connectivity index (χ3v) is 3.92. The van der Waals surface area contributed by atoms with Crippen LogP contribution in [-0.2, 0) is 23.9 Å². The Morgan fingerprint density at radius 1 is 1.24 bits per heavy atom. The van der Waals surface area contributed by atoms with Crippen LogP contribution in [0.1, 0.15) is 31.4 Å². The Morgan fingerprint density at radius 3 is 2.52 bits per heavy atom. The average molecular weight is 347 g/mol. The van der Waals surface area contributed by atoms with Crippen LogP contribution in [0.2, 0.25) is 0 Å². The maximum absolute atomic E-state index is 11.9. The molecule has 0 aliphatic heterocycles. The fourth-order valence-electron chi connectivity index (χ4n) is 2.13. The van der Waals surface area contributed by atoms with Crippen molar-refractivity contribution in [2.45, 2.75) is 33.2 Å². The van der Waals surface area contributed by atoms with Crippen molar-refractivity contribution in [1.29, 1.82) is 0 Å². The van der Waals surface area contributed by atoms with E-state index in [4.69, 9.17) is 4.74 Å². The van der Waals surface area contributed by atoms with Crippen LogP contribution < -0.4 is 5.32 Å². The number of carbonyl (C=O) groups is 3. The van der Waals surface area contributed by atoms with Crippen LogP contribution in [0.3, 0.4) is 0 Å². The maximum Gasteiger partial charge on any atom is 0.331 e. The molecule has 0 aliphatic carbocycles. The number of benzene rings is 1. The highest BCUT2D eigenvalue weighted by atomic mass is 16.5. The lowest BCUT2D eigenvalue weighted by Crippen LogP contribution is -2.47. The van der Waals surface area contributed by atoms with Gasteiger partial charge in [0.05, 0.1) is 7.11 Å². The van der Waals surface area contributed by atoms with Crippen LogP contribution >= 0.6 is 0 Å². The van der Waals surface area contributed by atoms with Crippen molar-refractivity contribution in [2.24, 2.45) is 5.92 Å². The molecule has 1 N–H and O–H groups in total. The summed E-state index contributed by atoms with van der Waals surface area (Å²) in [5.74, 6) is -1.79. The van der Waals surface area contributed by atoms with Crippen LogP contribution in [0.25, 0.3) is 6.08 Å². The Labute approximate surface area is 148 Å². The second-order valence-corrected chi connectivity index (χ2v) is 5.75. The average Bonchev–Trinajstić information content (AvgIpc) is 2.62. The summed E-state index contributed by atoms with van der Waals surface area (Å²) in [7, 11) is 1.26. The number of carbonyl (C=O) groups excluding carboxylic acids is 3. The van der Waals surface area contributed by atoms with E-state index in [-0.39, 0.29) is 5.92 Å². The molecule has 0 spiro atoms. The molecule has 0 unspecified atom stereocenters. The number of ether oxygens (including phenoxy) is 2. The molecule has 0 saturated heterocycles. The number of amides is 1. The van der Waals surface area contributed by atoms with Gasteiger partial charge in [0.2, 0.25) is 0 Å². The number of esters is 2. The van der Waals surface area contributed by atoms with E-state index in [0.29, 0.717) is 6.42 Å². The zero-order valence-electron chi connectivity index (χ0n) is 15.1. The number of aryl methyl sites for hydroxylation is 1. The third-order valence-electron chi connectivity index (χ3n) is 3.92. The molecule has 0 fully saturated rings. The van der Waals surface area contributed by atoms with Crippen molar-refractivity contribution >= 4 is 23.9 Å². The highest BCUT2D eigenvalue weighted by Crippen LogP contribution is 2.10. The summed E-state index contributed by atoms with van der Waals surface area (Å²) < 4.78 is 9.59. The number of methoxy groups -OCH3 is 1. The van der Waals surface area contributed by atoms with Crippen molar-refractivity contribution in [3.8, 4) is 0 Å². The molecular weight excluding hydrogens is 322 g/mol. The lowest BCUT2D eigenvalue weighted by Gasteiger charge is -2.21. The molecule has 2 atom stereocenters. The molecule has 0 aliphatic rings. The topological polar surface area (TPSA) is 81.7 Å². The van der Waals surface area contributed by atoms with Gasteiger partial charge in [-0.2, -0.15) is 0 Å². The van der Waals surface area contributed by atoms with Crippen molar-refractivity contribution in [2.75, 3.05) is 13.7 Å². The Hall–Kier alpha value is -2.63. The van der Waals surface area contributed by atoms with E-state index < -0.39 is 30.5 Å². The van der Waals surface area contributed by atoms with E-state index in [1.807, 2.05) is 45.0 Å². The van der Waals surface area contributed by atoms with Gasteiger partial charge in [-0.05, 0) is 30.0 Å². The van der Waals surface area contributed by atoms with Crippen molar-refractivity contribution in [3.05, 3.63) is 41.5 Å². The molecular formula is C19H25NO5. The van der Waals surface area contributed by atoms with Gasteiger partial charge in [-0.3, -0.25) is 4.79 Å². The molecule has 0 heterocycles. The van der Waals surface area contributed by atoms with Crippen LogP contribution in [0, 0.1) is 12.8 Å². The largest absolute Gasteiger partial charge is 0.467 e. The van der Waals surface area contributed by atoms with E-state index in [1.165, 1.54) is 13.2 Å². The quantitative estimate of drug-likeness (QED) is 0.576. The number of rotatable bonds is 8. The molecule has 0 aromatic heterocycles. The van der Waals surface area contributed by atoms with Crippen LogP contribution in [-0.4, -0.2) is 37.6 Å². The van der Waals surface area contributed by atoms with Gasteiger partial charge in [-0.25, -0.2) is 9.59 Å². The molecule has 1 aromatic rings. The van der Waals surface area contributed by atoms with Gasteiger partial charge in [0.25, 0.3) is 5.91 Å². The van der Waals surface area contributed by atoms with E-state index in [1.54, 1.807) is 6.08 Å². The lowest BCUT2D eigenvalue weighted by molar-refractivity contribution is -0.148. The number of hydrogen-bond donors (Lipinski definition) is 1. The molecule has 6 nitrogen and oxygen atoms in total. The Balaban J connectivity index is 2.53. The first-order valence-corrected chi connectivity index (χ1v) is 8.16. The summed E-state index contributed by atoms with van der Waals surface area (Å²) in [6.45, 7) is 5.21. The predicted molar refractivity (Wildman–Crippen MR) is 94.6 cm³/mol. The minimum atomic E-state index is -0.760. The number of nitrogens with one attached hydrogen (secondary N) is 1.